The Morgan fingerprint density at radius 3 is 2.18 bits per heavy atom. The van der Waals surface area contributed by atoms with Crippen molar-refractivity contribution in [1.82, 2.24) is 0 Å². The first-order valence-electron chi connectivity index (χ1n) is 10.2. The molecule has 0 radical (unpaired) electrons. The van der Waals surface area contributed by atoms with Crippen molar-refractivity contribution in [3.63, 3.8) is 0 Å². The van der Waals surface area contributed by atoms with Gasteiger partial charge in [-0.15, -0.1) is 0 Å². The van der Waals surface area contributed by atoms with Crippen LogP contribution in [-0.2, 0) is 19.6 Å². The number of ether oxygens (including phenoxy) is 2. The van der Waals surface area contributed by atoms with Crippen molar-refractivity contribution >= 4 is 33.3 Å². The number of Topliss-reactive ketones (excluding diaryl/α,β-unsaturated/α-hetero) is 1. The standard InChI is InChI=1S/C21H16F8N2O6S/c1-19(2,21(27,28)29)37-18(33)30-10-3-6-15-14(7-10)31(9-16(36-15)17(32)20(24,25)26)38(34,35)11-4-5-12(22)13(23)8-11/h3-8,16H,9H2,1-2H3,(H,30,33). The molecule has 1 atom stereocenters. The molecule has 8 nitrogen and oxygen atoms in total. The lowest BCUT2D eigenvalue weighted by molar-refractivity contribution is -0.242. The van der Waals surface area contributed by atoms with Crippen molar-refractivity contribution in [2.45, 2.75) is 42.8 Å². The maximum Gasteiger partial charge on any atom is 0.454 e. The topological polar surface area (TPSA) is 102 Å². The van der Waals surface area contributed by atoms with Gasteiger partial charge in [-0.05, 0) is 50.2 Å². The lowest BCUT2D eigenvalue weighted by Crippen LogP contribution is -2.50. The third-order valence-electron chi connectivity index (χ3n) is 5.16. The number of halogens is 8. The highest BCUT2D eigenvalue weighted by molar-refractivity contribution is 7.92. The highest BCUT2D eigenvalue weighted by Gasteiger charge is 2.51. The number of anilines is 2. The van der Waals surface area contributed by atoms with Gasteiger partial charge in [0.05, 0.1) is 17.1 Å². The molecule has 0 bridgehead atoms. The first-order chi connectivity index (χ1) is 17.2. The number of rotatable bonds is 5. The molecule has 3 rings (SSSR count). The van der Waals surface area contributed by atoms with Crippen LogP contribution in [0.25, 0.3) is 0 Å². The largest absolute Gasteiger partial charge is 0.478 e. The van der Waals surface area contributed by atoms with Crippen molar-refractivity contribution in [3.05, 3.63) is 48.0 Å². The lowest BCUT2D eigenvalue weighted by Gasteiger charge is -2.35. The molecular weight excluding hydrogens is 560 g/mol. The van der Waals surface area contributed by atoms with E-state index in [-0.39, 0.29) is 16.1 Å². The molecule has 208 valence electrons. The molecule has 2 aromatic carbocycles. The van der Waals surface area contributed by atoms with E-state index in [2.05, 4.69) is 4.74 Å². The molecular formula is C21H16F8N2O6S. The Morgan fingerprint density at radius 2 is 1.63 bits per heavy atom. The summed E-state index contributed by atoms with van der Waals surface area (Å²) in [7, 11) is -4.99. The summed E-state index contributed by atoms with van der Waals surface area (Å²) in [6.45, 7) is -0.163. The highest BCUT2D eigenvalue weighted by atomic mass is 32.2. The van der Waals surface area contributed by atoms with E-state index in [1.807, 2.05) is 5.32 Å². The van der Waals surface area contributed by atoms with E-state index in [0.717, 1.165) is 18.2 Å². The quantitative estimate of drug-likeness (QED) is 0.506. The normalized spacial score (nSPS) is 16.4. The van der Waals surface area contributed by atoms with Crippen LogP contribution in [0.4, 0.5) is 51.3 Å². The van der Waals surface area contributed by atoms with Crippen LogP contribution in [-0.4, -0.2) is 50.9 Å². The number of benzene rings is 2. The molecule has 0 fully saturated rings. The van der Waals surface area contributed by atoms with Crippen LogP contribution in [0.2, 0.25) is 0 Å². The zero-order chi connectivity index (χ0) is 28.8. The number of sulfonamides is 1. The average molecular weight is 576 g/mol. The molecule has 1 amide bonds. The van der Waals surface area contributed by atoms with Gasteiger partial charge in [-0.2, -0.15) is 26.3 Å². The molecule has 1 aliphatic rings. The van der Waals surface area contributed by atoms with Crippen LogP contribution in [0.3, 0.4) is 0 Å². The van der Waals surface area contributed by atoms with Crippen LogP contribution in [0.5, 0.6) is 5.75 Å². The van der Waals surface area contributed by atoms with Gasteiger partial charge in [0.25, 0.3) is 15.8 Å². The van der Waals surface area contributed by atoms with E-state index in [4.69, 9.17) is 4.74 Å². The predicted molar refractivity (Wildman–Crippen MR) is 113 cm³/mol. The zero-order valence-electron chi connectivity index (χ0n) is 19.1. The maximum atomic E-state index is 13.7. The van der Waals surface area contributed by atoms with E-state index in [0.29, 0.717) is 26.0 Å². The fourth-order valence-corrected chi connectivity index (χ4v) is 4.55. The zero-order valence-corrected chi connectivity index (χ0v) is 19.9. The van der Waals surface area contributed by atoms with Crippen LogP contribution >= 0.6 is 0 Å². The number of fused-ring (bicyclic) bond motifs is 1. The molecule has 0 saturated carbocycles. The highest BCUT2D eigenvalue weighted by Crippen LogP contribution is 2.40. The van der Waals surface area contributed by atoms with Crippen molar-refractivity contribution in [2.75, 3.05) is 16.2 Å². The molecule has 0 saturated heterocycles. The summed E-state index contributed by atoms with van der Waals surface area (Å²) >= 11 is 0. The van der Waals surface area contributed by atoms with Gasteiger partial charge < -0.3 is 9.47 Å². The fraction of sp³-hybridized carbons (Fsp3) is 0.333. The molecule has 1 heterocycles. The third kappa shape index (κ3) is 5.76. The van der Waals surface area contributed by atoms with Gasteiger partial charge in [0, 0.05) is 5.69 Å². The second-order valence-electron chi connectivity index (χ2n) is 8.29. The van der Waals surface area contributed by atoms with Crippen LogP contribution < -0.4 is 14.4 Å². The Labute approximate surface area is 209 Å². The molecule has 1 aliphatic heterocycles. The van der Waals surface area contributed by atoms with E-state index in [9.17, 15) is 53.1 Å². The second-order valence-corrected chi connectivity index (χ2v) is 10.1. The van der Waals surface area contributed by atoms with Gasteiger partial charge in [-0.3, -0.25) is 14.4 Å². The molecule has 2 aromatic rings. The Bertz CT molecular complexity index is 1370. The minimum atomic E-state index is -5.43. The SMILES string of the molecule is CC(C)(OC(=O)Nc1ccc2c(c1)N(S(=O)(=O)c1ccc(F)c(F)c1)CC(C(=O)C(F)(F)F)O2)C(F)(F)F. The van der Waals surface area contributed by atoms with Crippen molar-refractivity contribution in [1.29, 1.82) is 0 Å². The number of ketones is 1. The Kier molecular flexibility index (Phi) is 7.31. The van der Waals surface area contributed by atoms with Gasteiger partial charge in [0.2, 0.25) is 5.60 Å². The summed E-state index contributed by atoms with van der Waals surface area (Å²) in [5, 5.41) is 1.91. The number of hydrogen-bond acceptors (Lipinski definition) is 6. The number of nitrogens with one attached hydrogen (secondary N) is 1. The van der Waals surface area contributed by atoms with Gasteiger partial charge in [-0.1, -0.05) is 0 Å². The summed E-state index contributed by atoms with van der Waals surface area (Å²) in [5.74, 6) is -6.09. The molecule has 0 spiro atoms. The number of nitrogens with zero attached hydrogens (tertiary/aromatic N) is 1. The molecule has 38 heavy (non-hydrogen) atoms. The molecule has 0 aromatic heterocycles. The molecule has 0 aliphatic carbocycles. The van der Waals surface area contributed by atoms with Crippen molar-refractivity contribution < 1.29 is 62.6 Å². The van der Waals surface area contributed by atoms with E-state index >= 15 is 0 Å². The first kappa shape index (κ1) is 28.9. The summed E-state index contributed by atoms with van der Waals surface area (Å²) in [6.07, 6.45) is -14.4. The summed E-state index contributed by atoms with van der Waals surface area (Å²) in [6, 6.07) is 3.86. The second kappa shape index (κ2) is 9.59. The minimum Gasteiger partial charge on any atom is -0.478 e. The van der Waals surface area contributed by atoms with E-state index in [1.54, 1.807) is 0 Å². The first-order valence-corrected chi connectivity index (χ1v) is 11.6. The molecule has 17 heteroatoms. The number of carbonyl (C=O) groups is 2. The predicted octanol–water partition coefficient (Wildman–Crippen LogP) is 4.94. The van der Waals surface area contributed by atoms with Gasteiger partial charge in [0.15, 0.2) is 17.7 Å². The minimum absolute atomic E-state index is 0.225. The maximum absolute atomic E-state index is 13.7. The third-order valence-corrected chi connectivity index (χ3v) is 6.93. The van der Waals surface area contributed by atoms with E-state index < -0.39 is 80.5 Å². The smallest absolute Gasteiger partial charge is 0.454 e. The lowest BCUT2D eigenvalue weighted by atomic mass is 10.1. The van der Waals surface area contributed by atoms with Crippen LogP contribution in [0.15, 0.2) is 41.3 Å². The van der Waals surface area contributed by atoms with Crippen LogP contribution in [0, 0.1) is 11.6 Å². The number of amides is 1. The van der Waals surface area contributed by atoms with Gasteiger partial charge in [-0.25, -0.2) is 22.0 Å². The van der Waals surface area contributed by atoms with Crippen LogP contribution in [0.1, 0.15) is 13.8 Å². The summed E-state index contributed by atoms with van der Waals surface area (Å²) < 4.78 is 141. The Morgan fingerprint density at radius 1 is 1.00 bits per heavy atom. The number of alkyl halides is 6. The monoisotopic (exact) mass is 576 g/mol. The van der Waals surface area contributed by atoms with Gasteiger partial charge in [0.1, 0.15) is 5.75 Å². The number of carbonyl (C=O) groups excluding carboxylic acids is 2. The molecule has 1 unspecified atom stereocenters. The number of hydrogen-bond donors (Lipinski definition) is 1. The average Bonchev–Trinajstić information content (AvgIpc) is 2.77. The fourth-order valence-electron chi connectivity index (χ4n) is 3.07. The summed E-state index contributed by atoms with van der Waals surface area (Å²) in [5.41, 5.74) is -3.89. The molecule has 1 N–H and O–H groups in total. The van der Waals surface area contributed by atoms with E-state index in [1.165, 1.54) is 0 Å². The van der Waals surface area contributed by atoms with Crippen molar-refractivity contribution in [2.24, 2.45) is 0 Å². The Hall–Kier alpha value is -3.63. The van der Waals surface area contributed by atoms with Gasteiger partial charge >= 0.3 is 18.4 Å². The van der Waals surface area contributed by atoms with Crippen molar-refractivity contribution in [3.8, 4) is 5.75 Å². The Balaban J connectivity index is 2.04. The summed E-state index contributed by atoms with van der Waals surface area (Å²) in [4.78, 5) is 22.9.